The minimum absolute atomic E-state index is 0. The van der Waals surface area contributed by atoms with Gasteiger partial charge in [0, 0.05) is 19.2 Å². The predicted molar refractivity (Wildman–Crippen MR) is 104 cm³/mol. The second-order valence-electron chi connectivity index (χ2n) is 5.83. The third kappa shape index (κ3) is 7.32. The number of nitrogens with one attached hydrogen (secondary N) is 3. The second kappa shape index (κ2) is 11.5. The van der Waals surface area contributed by atoms with Crippen LogP contribution in [-0.2, 0) is 14.3 Å². The molecule has 3 N–H and O–H groups in total. The number of hydrogen-bond donors (Lipinski definition) is 3. The Bertz CT molecular complexity index is 455. The van der Waals surface area contributed by atoms with Crippen molar-refractivity contribution in [2.75, 3.05) is 46.0 Å². The molecule has 2 rings (SSSR count). The number of amides is 3. The maximum Gasteiger partial charge on any atom is 0.324 e. The van der Waals surface area contributed by atoms with Crippen molar-refractivity contribution in [3.8, 4) is 0 Å². The zero-order valence-electron chi connectivity index (χ0n) is 14.7. The van der Waals surface area contributed by atoms with Crippen LogP contribution >= 0.6 is 24.0 Å². The van der Waals surface area contributed by atoms with Gasteiger partial charge in [0.2, 0.25) is 5.91 Å². The molecule has 2 saturated heterocycles. The third-order valence-electron chi connectivity index (χ3n) is 3.73. The Morgan fingerprint density at radius 1 is 1.52 bits per heavy atom. The molecule has 0 spiro atoms. The zero-order chi connectivity index (χ0) is 17.4. The Labute approximate surface area is 165 Å². The largest absolute Gasteiger partial charge is 0.379 e. The van der Waals surface area contributed by atoms with Crippen LogP contribution in [0.1, 0.15) is 20.3 Å². The van der Waals surface area contributed by atoms with Crippen molar-refractivity contribution >= 4 is 41.9 Å². The first-order valence-corrected chi connectivity index (χ1v) is 8.42. The number of imide groups is 1. The van der Waals surface area contributed by atoms with E-state index in [-0.39, 0.29) is 61.2 Å². The fourth-order valence-electron chi connectivity index (χ4n) is 2.46. The highest BCUT2D eigenvalue weighted by molar-refractivity contribution is 14.0. The van der Waals surface area contributed by atoms with Gasteiger partial charge in [0.25, 0.3) is 0 Å². The molecule has 2 fully saturated rings. The number of carbonyl (C=O) groups is 2. The number of urea groups is 1. The summed E-state index contributed by atoms with van der Waals surface area (Å²) < 4.78 is 11.1. The Morgan fingerprint density at radius 2 is 2.32 bits per heavy atom. The summed E-state index contributed by atoms with van der Waals surface area (Å²) in [6.07, 6.45) is 1.11. The summed E-state index contributed by atoms with van der Waals surface area (Å²) >= 11 is 0. The van der Waals surface area contributed by atoms with E-state index in [0.29, 0.717) is 25.7 Å². The molecule has 2 unspecified atom stereocenters. The Morgan fingerprint density at radius 3 is 2.92 bits per heavy atom. The van der Waals surface area contributed by atoms with E-state index in [1.807, 2.05) is 13.8 Å². The van der Waals surface area contributed by atoms with Crippen LogP contribution in [0.25, 0.3) is 0 Å². The van der Waals surface area contributed by atoms with Crippen LogP contribution in [0.15, 0.2) is 4.99 Å². The van der Waals surface area contributed by atoms with E-state index in [4.69, 9.17) is 9.47 Å². The van der Waals surface area contributed by atoms with Crippen LogP contribution in [0.4, 0.5) is 4.79 Å². The van der Waals surface area contributed by atoms with Gasteiger partial charge in [-0.1, -0.05) is 0 Å². The summed E-state index contributed by atoms with van der Waals surface area (Å²) in [4.78, 5) is 28.6. The number of carbonyl (C=O) groups excluding carboxylic acids is 2. The lowest BCUT2D eigenvalue weighted by Crippen LogP contribution is -2.45. The van der Waals surface area contributed by atoms with E-state index in [0.717, 1.165) is 19.6 Å². The van der Waals surface area contributed by atoms with Gasteiger partial charge in [-0.15, -0.1) is 24.0 Å². The van der Waals surface area contributed by atoms with Gasteiger partial charge < -0.3 is 25.4 Å². The summed E-state index contributed by atoms with van der Waals surface area (Å²) in [6, 6.07) is -0.270. The van der Waals surface area contributed by atoms with Gasteiger partial charge >= 0.3 is 6.03 Å². The minimum atomic E-state index is -0.353. The Balaban J connectivity index is 0.00000312. The highest BCUT2D eigenvalue weighted by Crippen LogP contribution is 2.08. The summed E-state index contributed by atoms with van der Waals surface area (Å²) in [5.74, 6) is 0.428. The molecule has 0 aromatic carbocycles. The van der Waals surface area contributed by atoms with E-state index in [9.17, 15) is 9.59 Å². The van der Waals surface area contributed by atoms with E-state index < -0.39 is 0 Å². The molecular formula is C15H28IN5O4. The van der Waals surface area contributed by atoms with Crippen LogP contribution in [0.5, 0.6) is 0 Å². The SMILES string of the molecule is CCNC(=NCCN1C(=O)CNC1=O)NC(C)COC1CCOC1.I. The summed E-state index contributed by atoms with van der Waals surface area (Å²) in [6.45, 7) is 7.38. The fourth-order valence-corrected chi connectivity index (χ4v) is 2.46. The number of aliphatic imine (C=N–C) groups is 1. The van der Waals surface area contributed by atoms with Crippen LogP contribution in [0.2, 0.25) is 0 Å². The highest BCUT2D eigenvalue weighted by Gasteiger charge is 2.27. The monoisotopic (exact) mass is 469 g/mol. The molecule has 0 aliphatic carbocycles. The normalized spacial score (nSPS) is 21.8. The topological polar surface area (TPSA) is 104 Å². The molecule has 2 atom stereocenters. The van der Waals surface area contributed by atoms with Crippen molar-refractivity contribution in [2.45, 2.75) is 32.4 Å². The van der Waals surface area contributed by atoms with E-state index in [2.05, 4.69) is 20.9 Å². The molecule has 0 bridgehead atoms. The molecular weight excluding hydrogens is 441 g/mol. The van der Waals surface area contributed by atoms with Crippen molar-refractivity contribution in [3.63, 3.8) is 0 Å². The minimum Gasteiger partial charge on any atom is -0.379 e. The molecule has 2 aliphatic rings. The molecule has 0 saturated carbocycles. The Kier molecular flexibility index (Phi) is 10.0. The second-order valence-corrected chi connectivity index (χ2v) is 5.83. The fraction of sp³-hybridized carbons (Fsp3) is 0.800. The van der Waals surface area contributed by atoms with Gasteiger partial charge in [-0.05, 0) is 20.3 Å². The molecule has 0 aromatic heterocycles. The molecule has 9 nitrogen and oxygen atoms in total. The standard InChI is InChI=1S/C15H27N5O4.HI/c1-3-16-14(17-5-6-20-13(21)8-18-15(20)22)19-11(2)9-24-12-4-7-23-10-12;/h11-12H,3-10H2,1-2H3,(H,18,22)(H2,16,17,19);1H. The third-order valence-corrected chi connectivity index (χ3v) is 3.73. The number of halogens is 1. The maximum absolute atomic E-state index is 11.5. The first-order valence-electron chi connectivity index (χ1n) is 8.42. The maximum atomic E-state index is 11.5. The zero-order valence-corrected chi connectivity index (χ0v) is 17.1. The van der Waals surface area contributed by atoms with Gasteiger partial charge in [0.15, 0.2) is 5.96 Å². The lowest BCUT2D eigenvalue weighted by atomic mass is 10.3. The predicted octanol–water partition coefficient (Wildman–Crippen LogP) is -0.0947. The van der Waals surface area contributed by atoms with Crippen LogP contribution in [0.3, 0.4) is 0 Å². The molecule has 10 heteroatoms. The summed E-state index contributed by atoms with van der Waals surface area (Å²) in [7, 11) is 0. The van der Waals surface area contributed by atoms with Crippen molar-refractivity contribution in [2.24, 2.45) is 4.99 Å². The number of guanidine groups is 1. The molecule has 2 heterocycles. The molecule has 144 valence electrons. The lowest BCUT2D eigenvalue weighted by Gasteiger charge is -2.20. The van der Waals surface area contributed by atoms with E-state index in [1.165, 1.54) is 4.90 Å². The summed E-state index contributed by atoms with van der Waals surface area (Å²) in [5.41, 5.74) is 0. The lowest BCUT2D eigenvalue weighted by molar-refractivity contribution is -0.124. The first kappa shape index (κ1) is 21.9. The average Bonchev–Trinajstić information content (AvgIpc) is 3.18. The first-order chi connectivity index (χ1) is 11.6. The number of hydrogen-bond acceptors (Lipinski definition) is 5. The number of ether oxygens (including phenoxy) is 2. The van der Waals surface area contributed by atoms with Crippen molar-refractivity contribution < 1.29 is 19.1 Å². The van der Waals surface area contributed by atoms with Crippen molar-refractivity contribution in [3.05, 3.63) is 0 Å². The molecule has 3 amide bonds. The quantitative estimate of drug-likeness (QED) is 0.199. The van der Waals surface area contributed by atoms with Crippen LogP contribution < -0.4 is 16.0 Å². The van der Waals surface area contributed by atoms with Gasteiger partial charge in [-0.25, -0.2) is 4.79 Å². The van der Waals surface area contributed by atoms with Crippen molar-refractivity contribution in [1.29, 1.82) is 0 Å². The smallest absolute Gasteiger partial charge is 0.324 e. The van der Waals surface area contributed by atoms with Crippen LogP contribution in [-0.4, -0.2) is 80.9 Å². The van der Waals surface area contributed by atoms with E-state index >= 15 is 0 Å². The Hall–Kier alpha value is -1.14. The molecule has 2 aliphatic heterocycles. The van der Waals surface area contributed by atoms with Crippen molar-refractivity contribution in [1.82, 2.24) is 20.9 Å². The highest BCUT2D eigenvalue weighted by atomic mass is 127. The number of rotatable bonds is 8. The van der Waals surface area contributed by atoms with Gasteiger partial charge in [0.1, 0.15) is 0 Å². The molecule has 25 heavy (non-hydrogen) atoms. The number of nitrogens with zero attached hydrogens (tertiary/aromatic N) is 2. The van der Waals surface area contributed by atoms with E-state index in [1.54, 1.807) is 0 Å². The van der Waals surface area contributed by atoms with Gasteiger partial charge in [-0.3, -0.25) is 14.7 Å². The average molecular weight is 469 g/mol. The summed E-state index contributed by atoms with van der Waals surface area (Å²) in [5, 5.41) is 8.89. The molecule has 0 radical (unpaired) electrons. The molecule has 0 aromatic rings. The van der Waals surface area contributed by atoms with Crippen LogP contribution in [0, 0.1) is 0 Å². The van der Waals surface area contributed by atoms with Gasteiger partial charge in [-0.2, -0.15) is 0 Å². The van der Waals surface area contributed by atoms with Gasteiger partial charge in [0.05, 0.1) is 39.0 Å².